The van der Waals surface area contributed by atoms with Gasteiger partial charge in [0.25, 0.3) is 11.8 Å². The summed E-state index contributed by atoms with van der Waals surface area (Å²) in [4.78, 5) is 31.5. The fourth-order valence-corrected chi connectivity index (χ4v) is 18.3. The number of carbonyl (C=O) groups is 2. The molecule has 16 nitrogen and oxygen atoms in total. The topological polar surface area (TPSA) is 210 Å². The summed E-state index contributed by atoms with van der Waals surface area (Å²) in [5, 5.41) is 18.8. The van der Waals surface area contributed by atoms with Gasteiger partial charge in [0.05, 0.1) is 47.3 Å². The standard InChI is InChI=1S/2C33H41ClN2O6S/c2*1-41-30-7-3-2-6-26(14-16-37)43(39,40)35-32(38)23-9-13-31-29(18-23)36(19-24-8-11-27(24)30)20-33(21-42-31)15-4-5-22-17-25(34)10-12-28(22)33/h2*3,7,9-10,12-13,17-18,24,26-27,30,37H,2,4-6,8,11,14-16,19-21H2,1H3,(H,35,38)/b2*7-3+/t24-,26+,27+,30-,33-;24-,26-,27+,30-,33-/m00/s1. The summed E-state index contributed by atoms with van der Waals surface area (Å²) in [5.41, 5.74) is 6.69. The zero-order valence-corrected chi connectivity index (χ0v) is 52.4. The summed E-state index contributed by atoms with van der Waals surface area (Å²) in [6.45, 7) is 3.44. The Morgan fingerprint density at radius 1 is 0.593 bits per heavy atom. The van der Waals surface area contributed by atoms with Crippen LogP contribution < -0.4 is 28.7 Å². The molecule has 20 heteroatoms. The van der Waals surface area contributed by atoms with E-state index in [1.807, 2.05) is 24.3 Å². The van der Waals surface area contributed by atoms with Gasteiger partial charge in [0.1, 0.15) is 11.5 Å². The highest BCUT2D eigenvalue weighted by atomic mass is 35.5. The van der Waals surface area contributed by atoms with Crippen molar-refractivity contribution in [1.82, 2.24) is 9.44 Å². The van der Waals surface area contributed by atoms with E-state index in [1.165, 1.54) is 22.3 Å². The molecule has 2 spiro atoms. The highest BCUT2D eigenvalue weighted by Crippen LogP contribution is 2.50. The number of nitrogens with one attached hydrogen (secondary N) is 2. The first-order valence-electron chi connectivity index (χ1n) is 30.8. The predicted octanol–water partition coefficient (Wildman–Crippen LogP) is 10.0. The minimum Gasteiger partial charge on any atom is -0.490 e. The van der Waals surface area contributed by atoms with Gasteiger partial charge in [-0.05, 0) is 209 Å². The number of aliphatic hydroxyl groups is 2. The van der Waals surface area contributed by atoms with E-state index >= 15 is 0 Å². The number of allylic oxidation sites excluding steroid dienone is 2. The molecule has 2 saturated carbocycles. The number of halogens is 2. The summed E-state index contributed by atoms with van der Waals surface area (Å²) in [5.74, 6) is 1.47. The first kappa shape index (κ1) is 62.4. The van der Waals surface area contributed by atoms with Crippen LogP contribution in [-0.4, -0.2) is 128 Å². The number of amides is 2. The number of methoxy groups -OCH3 is 2. The van der Waals surface area contributed by atoms with Gasteiger partial charge >= 0.3 is 0 Å². The summed E-state index contributed by atoms with van der Waals surface area (Å²) in [6, 6.07) is 22.8. The number of ether oxygens (including phenoxy) is 4. The van der Waals surface area contributed by atoms with Gasteiger partial charge in [0.15, 0.2) is 0 Å². The lowest BCUT2D eigenvalue weighted by Gasteiger charge is -2.46. The van der Waals surface area contributed by atoms with E-state index in [-0.39, 0.29) is 60.2 Å². The van der Waals surface area contributed by atoms with Gasteiger partial charge in [-0.15, -0.1) is 0 Å². The Bertz CT molecular complexity index is 3220. The molecule has 8 aliphatic rings. The second-order valence-electron chi connectivity index (χ2n) is 25.2. The zero-order chi connectivity index (χ0) is 60.4. The average molecular weight is 1260 g/mol. The predicted molar refractivity (Wildman–Crippen MR) is 335 cm³/mol. The van der Waals surface area contributed by atoms with E-state index in [2.05, 4.69) is 55.7 Å². The SMILES string of the molecule is CO[C@H]1/C=C/CC[C@@H](CCO)S(=O)(=O)NC(=O)c2ccc3c(c2)N(C[C@@H]2CC[C@H]21)C[C@@]1(CCCc2cc(Cl)ccc21)CO3.CO[C@H]1/C=C/CC[C@H](CCO)S(=O)(=O)NC(=O)c2ccc3c(c2)N(C[C@@H]2CC[C@H]21)C[C@@]1(CCCc2cc(Cl)ccc21)CO3. The Balaban J connectivity index is 0.000000179. The summed E-state index contributed by atoms with van der Waals surface area (Å²) in [6.07, 6.45) is 19.9. The molecule has 4 heterocycles. The van der Waals surface area contributed by atoms with Gasteiger partial charge in [0.2, 0.25) is 20.0 Å². The van der Waals surface area contributed by atoms with Gasteiger partial charge in [-0.25, -0.2) is 26.3 Å². The molecule has 4 N–H and O–H groups in total. The Morgan fingerprint density at radius 3 is 1.41 bits per heavy atom. The number of nitrogens with zero attached hydrogens (tertiary/aromatic N) is 2. The summed E-state index contributed by atoms with van der Waals surface area (Å²) >= 11 is 12.8. The lowest BCUT2D eigenvalue weighted by Crippen LogP contribution is -2.49. The molecule has 86 heavy (non-hydrogen) atoms. The molecule has 4 aromatic rings. The summed E-state index contributed by atoms with van der Waals surface area (Å²) < 4.78 is 82.7. The molecule has 2 fully saturated rings. The van der Waals surface area contributed by atoms with Crippen molar-refractivity contribution in [1.29, 1.82) is 0 Å². The fourth-order valence-electron chi connectivity index (χ4n) is 15.1. The van der Waals surface area contributed by atoms with Crippen LogP contribution in [-0.2, 0) is 53.2 Å². The molecule has 4 aliphatic heterocycles. The molecule has 2 amide bonds. The van der Waals surface area contributed by atoms with Crippen molar-refractivity contribution >= 4 is 66.4 Å². The molecule has 4 aliphatic carbocycles. The van der Waals surface area contributed by atoms with Crippen LogP contribution in [0.25, 0.3) is 0 Å². The van der Waals surface area contributed by atoms with Crippen LogP contribution in [0, 0.1) is 23.7 Å². The van der Waals surface area contributed by atoms with E-state index < -0.39 is 42.4 Å². The van der Waals surface area contributed by atoms with E-state index in [1.54, 1.807) is 50.6 Å². The second-order valence-corrected chi connectivity index (χ2v) is 30.0. The molecule has 0 radical (unpaired) electrons. The third-order valence-corrected chi connectivity index (χ3v) is 24.2. The molecule has 0 unspecified atom stereocenters. The second kappa shape index (κ2) is 26.5. The van der Waals surface area contributed by atoms with Gasteiger partial charge in [-0.3, -0.25) is 9.59 Å². The highest BCUT2D eigenvalue weighted by Gasteiger charge is 2.47. The number of benzene rings is 4. The zero-order valence-electron chi connectivity index (χ0n) is 49.3. The lowest BCUT2D eigenvalue weighted by molar-refractivity contribution is 0.0131. The molecule has 4 bridgehead atoms. The average Bonchev–Trinajstić information content (AvgIpc) is 1.58. The number of fused-ring (bicyclic) bond motifs is 8. The summed E-state index contributed by atoms with van der Waals surface area (Å²) in [7, 11) is -4.57. The Hall–Kier alpha value is -5.18. The number of carbonyl (C=O) groups excluding carboxylic acids is 2. The van der Waals surface area contributed by atoms with Crippen LogP contribution in [0.2, 0.25) is 10.0 Å². The quantitative estimate of drug-likeness (QED) is 0.133. The molecular weight excluding hydrogens is 1180 g/mol. The van der Waals surface area contributed by atoms with Crippen LogP contribution >= 0.6 is 23.2 Å². The van der Waals surface area contributed by atoms with Crippen LogP contribution in [0.15, 0.2) is 97.1 Å². The van der Waals surface area contributed by atoms with Crippen LogP contribution in [0.4, 0.5) is 11.4 Å². The third-order valence-electron chi connectivity index (χ3n) is 20.1. The van der Waals surface area contributed by atoms with Crippen LogP contribution in [0.1, 0.15) is 133 Å². The third kappa shape index (κ3) is 13.1. The number of rotatable bonds is 6. The number of aryl methyl sites for hydroxylation is 2. The van der Waals surface area contributed by atoms with Crippen molar-refractivity contribution in [3.8, 4) is 11.5 Å². The molecular formula is C66H82Cl2N4O12S2. The Morgan fingerprint density at radius 2 is 1.02 bits per heavy atom. The van der Waals surface area contributed by atoms with Crippen LogP contribution in [0.5, 0.6) is 11.5 Å². The Labute approximate surface area is 517 Å². The van der Waals surface area contributed by atoms with Crippen LogP contribution in [0.3, 0.4) is 0 Å². The van der Waals surface area contributed by atoms with E-state index in [0.29, 0.717) is 87.2 Å². The Kier molecular flexibility index (Phi) is 19.2. The molecule has 464 valence electrons. The van der Waals surface area contributed by atoms with E-state index in [0.717, 1.165) is 98.7 Å². The largest absolute Gasteiger partial charge is 0.490 e. The number of aliphatic hydroxyl groups excluding tert-OH is 2. The first-order chi connectivity index (χ1) is 41.5. The van der Waals surface area contributed by atoms with Crippen molar-refractivity contribution in [2.75, 3.05) is 76.6 Å². The van der Waals surface area contributed by atoms with Gasteiger partial charge in [-0.2, -0.15) is 0 Å². The maximum atomic E-state index is 13.4. The van der Waals surface area contributed by atoms with Crippen molar-refractivity contribution in [3.05, 3.63) is 141 Å². The normalized spacial score (nSPS) is 31.0. The fraction of sp³-hybridized carbons (Fsp3) is 0.545. The molecule has 0 aromatic heterocycles. The number of hydrogen-bond donors (Lipinski definition) is 4. The monoisotopic (exact) mass is 1260 g/mol. The minimum atomic E-state index is -4.02. The van der Waals surface area contributed by atoms with Crippen molar-refractivity contribution in [2.45, 2.75) is 136 Å². The maximum absolute atomic E-state index is 13.4. The molecule has 12 rings (SSSR count). The van der Waals surface area contributed by atoms with Crippen molar-refractivity contribution in [2.24, 2.45) is 23.7 Å². The van der Waals surface area contributed by atoms with Crippen molar-refractivity contribution in [3.63, 3.8) is 0 Å². The smallest absolute Gasteiger partial charge is 0.264 e. The minimum absolute atomic E-state index is 0.0510. The van der Waals surface area contributed by atoms with Crippen molar-refractivity contribution < 1.29 is 55.6 Å². The maximum Gasteiger partial charge on any atom is 0.264 e. The number of sulfonamides is 2. The van der Waals surface area contributed by atoms with E-state index in [4.69, 9.17) is 42.1 Å². The van der Waals surface area contributed by atoms with Gasteiger partial charge in [-0.1, -0.05) is 59.6 Å². The van der Waals surface area contributed by atoms with Gasteiger partial charge in [0, 0.05) is 85.6 Å². The van der Waals surface area contributed by atoms with E-state index in [9.17, 15) is 36.6 Å². The molecule has 10 atom stereocenters. The lowest BCUT2D eigenvalue weighted by atomic mass is 9.68. The number of hydrogen-bond acceptors (Lipinski definition) is 14. The van der Waals surface area contributed by atoms with Gasteiger partial charge < -0.3 is 39.0 Å². The number of anilines is 2. The molecule has 4 aromatic carbocycles. The first-order valence-corrected chi connectivity index (χ1v) is 34.6. The molecule has 0 saturated heterocycles. The highest BCUT2D eigenvalue weighted by molar-refractivity contribution is 7.91.